The second kappa shape index (κ2) is 12.2. The van der Waals surface area contributed by atoms with Crippen molar-refractivity contribution >= 4 is 5.71 Å². The Morgan fingerprint density at radius 1 is 1.00 bits per heavy atom. The Bertz CT molecular complexity index is 566. The van der Waals surface area contributed by atoms with Crippen LogP contribution in [0.2, 0.25) is 0 Å². The first kappa shape index (κ1) is 21.3. The van der Waals surface area contributed by atoms with E-state index in [0.717, 1.165) is 45.6 Å². The second-order valence-corrected chi connectivity index (χ2v) is 8.46. The SMILES string of the molecule is CCCCC1CCCC/C1=N\OCCCN1CCN(Cc2ccccc2)CC1. The van der Waals surface area contributed by atoms with Gasteiger partial charge in [0.15, 0.2) is 0 Å². The Balaban J connectivity index is 1.28. The quantitative estimate of drug-likeness (QED) is 0.421. The van der Waals surface area contributed by atoms with Gasteiger partial charge < -0.3 is 9.74 Å². The van der Waals surface area contributed by atoms with Crippen molar-refractivity contribution in [3.05, 3.63) is 35.9 Å². The van der Waals surface area contributed by atoms with E-state index in [4.69, 9.17) is 4.84 Å². The average Bonchev–Trinajstić information content (AvgIpc) is 2.74. The van der Waals surface area contributed by atoms with E-state index in [0.29, 0.717) is 5.92 Å². The largest absolute Gasteiger partial charge is 0.396 e. The number of hydrogen-bond donors (Lipinski definition) is 0. The Morgan fingerprint density at radius 3 is 2.57 bits per heavy atom. The van der Waals surface area contributed by atoms with E-state index in [1.54, 1.807) is 0 Å². The molecule has 0 N–H and O–H groups in total. The van der Waals surface area contributed by atoms with Gasteiger partial charge in [-0.2, -0.15) is 0 Å². The van der Waals surface area contributed by atoms with Gasteiger partial charge in [-0.05, 0) is 37.7 Å². The van der Waals surface area contributed by atoms with E-state index in [9.17, 15) is 0 Å². The van der Waals surface area contributed by atoms with Crippen molar-refractivity contribution in [1.29, 1.82) is 0 Å². The third-order valence-electron chi connectivity index (χ3n) is 6.22. The summed E-state index contributed by atoms with van der Waals surface area (Å²) in [6.45, 7) is 9.90. The van der Waals surface area contributed by atoms with Gasteiger partial charge in [0.2, 0.25) is 0 Å². The van der Waals surface area contributed by atoms with Crippen molar-refractivity contribution in [1.82, 2.24) is 9.80 Å². The van der Waals surface area contributed by atoms with Crippen LogP contribution < -0.4 is 0 Å². The lowest BCUT2D eigenvalue weighted by Gasteiger charge is -2.34. The molecule has 0 amide bonds. The van der Waals surface area contributed by atoms with Gasteiger partial charge in [-0.1, -0.05) is 61.7 Å². The molecule has 2 aliphatic rings. The average molecular weight is 386 g/mol. The Morgan fingerprint density at radius 2 is 1.79 bits per heavy atom. The Kier molecular flexibility index (Phi) is 9.31. The van der Waals surface area contributed by atoms with Crippen molar-refractivity contribution in [2.24, 2.45) is 11.1 Å². The summed E-state index contributed by atoms with van der Waals surface area (Å²) in [6.07, 6.45) is 10.1. The van der Waals surface area contributed by atoms with Gasteiger partial charge in [0, 0.05) is 45.2 Å². The summed E-state index contributed by atoms with van der Waals surface area (Å²) >= 11 is 0. The van der Waals surface area contributed by atoms with Crippen LogP contribution in [0, 0.1) is 5.92 Å². The van der Waals surface area contributed by atoms with Gasteiger partial charge in [-0.15, -0.1) is 0 Å². The van der Waals surface area contributed by atoms with Crippen LogP contribution in [0.15, 0.2) is 35.5 Å². The minimum atomic E-state index is 0.686. The van der Waals surface area contributed by atoms with Crippen LogP contribution in [-0.4, -0.2) is 54.8 Å². The number of hydrogen-bond acceptors (Lipinski definition) is 4. The molecule has 4 nitrogen and oxygen atoms in total. The zero-order valence-corrected chi connectivity index (χ0v) is 17.8. The maximum absolute atomic E-state index is 5.73. The van der Waals surface area contributed by atoms with Crippen LogP contribution in [0.4, 0.5) is 0 Å². The van der Waals surface area contributed by atoms with Crippen molar-refractivity contribution in [3.63, 3.8) is 0 Å². The minimum Gasteiger partial charge on any atom is -0.396 e. The van der Waals surface area contributed by atoms with Crippen LogP contribution in [0.5, 0.6) is 0 Å². The molecule has 1 atom stereocenters. The summed E-state index contributed by atoms with van der Waals surface area (Å²) in [5.41, 5.74) is 2.76. The normalized spacial score (nSPS) is 23.2. The van der Waals surface area contributed by atoms with E-state index >= 15 is 0 Å². The molecule has 1 aromatic carbocycles. The zero-order valence-electron chi connectivity index (χ0n) is 17.8. The minimum absolute atomic E-state index is 0.686. The highest BCUT2D eigenvalue weighted by atomic mass is 16.6. The predicted molar refractivity (Wildman–Crippen MR) is 118 cm³/mol. The molecule has 28 heavy (non-hydrogen) atoms. The molecule has 0 spiro atoms. The molecule has 1 saturated heterocycles. The molecule has 156 valence electrons. The highest BCUT2D eigenvalue weighted by molar-refractivity contribution is 5.86. The molecule has 1 heterocycles. The summed E-state index contributed by atoms with van der Waals surface area (Å²) in [7, 11) is 0. The number of nitrogens with zero attached hydrogens (tertiary/aromatic N) is 3. The number of rotatable bonds is 10. The van der Waals surface area contributed by atoms with Crippen LogP contribution in [0.1, 0.15) is 63.9 Å². The van der Waals surface area contributed by atoms with Crippen LogP contribution in [0.25, 0.3) is 0 Å². The first-order valence-electron chi connectivity index (χ1n) is 11.5. The lowest BCUT2D eigenvalue weighted by molar-refractivity contribution is 0.0990. The Hall–Kier alpha value is -1.39. The molecule has 1 unspecified atom stereocenters. The van der Waals surface area contributed by atoms with Gasteiger partial charge in [0.1, 0.15) is 6.61 Å². The maximum Gasteiger partial charge on any atom is 0.118 e. The number of unbranched alkanes of at least 4 members (excludes halogenated alkanes) is 1. The van der Waals surface area contributed by atoms with Crippen molar-refractivity contribution in [3.8, 4) is 0 Å². The van der Waals surface area contributed by atoms with Crippen LogP contribution >= 0.6 is 0 Å². The van der Waals surface area contributed by atoms with Crippen LogP contribution in [0.3, 0.4) is 0 Å². The molecular formula is C24H39N3O. The van der Waals surface area contributed by atoms with E-state index in [2.05, 4.69) is 52.2 Å². The summed E-state index contributed by atoms with van der Waals surface area (Å²) in [4.78, 5) is 10.9. The third kappa shape index (κ3) is 7.21. The van der Waals surface area contributed by atoms with Gasteiger partial charge >= 0.3 is 0 Å². The fraction of sp³-hybridized carbons (Fsp3) is 0.708. The molecule has 1 aromatic rings. The van der Waals surface area contributed by atoms with E-state index in [-0.39, 0.29) is 0 Å². The lowest BCUT2D eigenvalue weighted by atomic mass is 9.84. The van der Waals surface area contributed by atoms with E-state index < -0.39 is 0 Å². The third-order valence-corrected chi connectivity index (χ3v) is 6.22. The summed E-state index contributed by atoms with van der Waals surface area (Å²) in [5.74, 6) is 0.686. The van der Waals surface area contributed by atoms with Crippen molar-refractivity contribution < 1.29 is 4.84 Å². The topological polar surface area (TPSA) is 28.1 Å². The molecule has 1 aliphatic heterocycles. The van der Waals surface area contributed by atoms with Crippen molar-refractivity contribution in [2.45, 2.75) is 64.8 Å². The smallest absolute Gasteiger partial charge is 0.118 e. The standard InChI is InChI=1S/C24H39N3O/c1-2-3-12-23-13-7-8-14-24(23)25-28-20-9-15-26-16-18-27(19-17-26)21-22-10-5-4-6-11-22/h4-6,10-11,23H,2-3,7-9,12-21H2,1H3/b25-24+. The highest BCUT2D eigenvalue weighted by Crippen LogP contribution is 2.26. The van der Waals surface area contributed by atoms with Gasteiger partial charge in [-0.3, -0.25) is 4.90 Å². The predicted octanol–water partition coefficient (Wildman–Crippen LogP) is 4.95. The molecule has 1 saturated carbocycles. The molecule has 2 fully saturated rings. The van der Waals surface area contributed by atoms with E-state index in [1.807, 2.05) is 0 Å². The van der Waals surface area contributed by atoms with Gasteiger partial charge in [0.25, 0.3) is 0 Å². The highest BCUT2D eigenvalue weighted by Gasteiger charge is 2.20. The number of benzene rings is 1. The number of oxime groups is 1. The lowest BCUT2D eigenvalue weighted by Crippen LogP contribution is -2.46. The van der Waals surface area contributed by atoms with Crippen LogP contribution in [-0.2, 0) is 11.4 Å². The molecule has 0 aromatic heterocycles. The Labute approximate surface area is 171 Å². The second-order valence-electron chi connectivity index (χ2n) is 8.46. The van der Waals surface area contributed by atoms with Gasteiger partial charge in [-0.25, -0.2) is 0 Å². The number of piperazine rings is 1. The summed E-state index contributed by atoms with van der Waals surface area (Å²) in [6, 6.07) is 10.8. The van der Waals surface area contributed by atoms with E-state index in [1.165, 1.54) is 62.9 Å². The zero-order chi connectivity index (χ0) is 19.4. The first-order chi connectivity index (χ1) is 13.8. The fourth-order valence-corrected chi connectivity index (χ4v) is 4.44. The molecule has 3 rings (SSSR count). The van der Waals surface area contributed by atoms with Gasteiger partial charge in [0.05, 0.1) is 5.71 Å². The fourth-order valence-electron chi connectivity index (χ4n) is 4.44. The molecule has 0 bridgehead atoms. The monoisotopic (exact) mass is 385 g/mol. The molecule has 0 radical (unpaired) electrons. The van der Waals surface area contributed by atoms with Crippen molar-refractivity contribution in [2.75, 3.05) is 39.3 Å². The first-order valence-corrected chi connectivity index (χ1v) is 11.5. The summed E-state index contributed by atoms with van der Waals surface area (Å²) < 4.78 is 0. The molecular weight excluding hydrogens is 346 g/mol. The summed E-state index contributed by atoms with van der Waals surface area (Å²) in [5, 5.41) is 4.55. The molecule has 1 aliphatic carbocycles. The maximum atomic E-state index is 5.73. The molecule has 4 heteroatoms.